The highest BCUT2D eigenvalue weighted by molar-refractivity contribution is 6.01. The predicted molar refractivity (Wildman–Crippen MR) is 69.3 cm³/mol. The maximum absolute atomic E-state index is 10.9. The summed E-state index contributed by atoms with van der Waals surface area (Å²) in [5, 5.41) is 2.47. The molecule has 4 nitrogen and oxygen atoms in total. The molecule has 1 fully saturated rings. The minimum absolute atomic E-state index is 0.108. The number of unbranched alkanes of at least 4 members (excludes halogenated alkanes) is 1. The Hall–Kier alpha value is -1.84. The Morgan fingerprint density at radius 3 is 2.28 bits per heavy atom. The van der Waals surface area contributed by atoms with Crippen LogP contribution >= 0.6 is 0 Å². The molecule has 1 saturated heterocycles. The van der Waals surface area contributed by atoms with E-state index in [2.05, 4.69) is 29.6 Å². The molecule has 2 aliphatic carbocycles. The summed E-state index contributed by atoms with van der Waals surface area (Å²) in [6.45, 7) is 2.75. The molecule has 0 unspecified atom stereocenters. The van der Waals surface area contributed by atoms with Gasteiger partial charge in [-0.1, -0.05) is 37.6 Å². The van der Waals surface area contributed by atoms with E-state index in [1.165, 1.54) is 22.4 Å². The van der Waals surface area contributed by atoms with E-state index in [-0.39, 0.29) is 18.5 Å². The van der Waals surface area contributed by atoms with Crippen molar-refractivity contribution in [1.82, 2.24) is 10.2 Å². The zero-order chi connectivity index (χ0) is 13.0. The van der Waals surface area contributed by atoms with Crippen LogP contribution in [0.1, 0.15) is 30.9 Å². The smallest absolute Gasteiger partial charge is 0.324 e. The van der Waals surface area contributed by atoms with Crippen molar-refractivity contribution >= 4 is 11.9 Å². The van der Waals surface area contributed by atoms with Crippen molar-refractivity contribution in [2.75, 3.05) is 13.1 Å². The highest BCUT2D eigenvalue weighted by atomic mass is 16.2. The number of benzene rings is 1. The molecule has 18 heavy (non-hydrogen) atoms. The molecule has 4 rings (SSSR count). The first kappa shape index (κ1) is 12.6. The number of amides is 3. The maximum Gasteiger partial charge on any atom is 0.324 e. The maximum atomic E-state index is 10.9. The fraction of sp³-hybridized carbons (Fsp3) is 0.429. The number of hydrogen-bond donors (Lipinski definition) is 1. The van der Waals surface area contributed by atoms with E-state index in [4.69, 9.17) is 0 Å². The molecular formula is C14H18N2O2. The van der Waals surface area contributed by atoms with E-state index in [1.54, 1.807) is 0 Å². The zero-order valence-electron chi connectivity index (χ0n) is 10.6. The van der Waals surface area contributed by atoms with Crippen molar-refractivity contribution in [3.05, 3.63) is 35.4 Å². The average molecular weight is 246 g/mol. The van der Waals surface area contributed by atoms with E-state index in [9.17, 15) is 9.59 Å². The van der Waals surface area contributed by atoms with Crippen LogP contribution in [0.5, 0.6) is 0 Å². The molecule has 1 N–H and O–H groups in total. The number of imide groups is 1. The van der Waals surface area contributed by atoms with Crippen LogP contribution < -0.4 is 5.32 Å². The Balaban J connectivity index is 0.000000146. The summed E-state index contributed by atoms with van der Waals surface area (Å²) in [6, 6.07) is 8.40. The first-order valence-electron chi connectivity index (χ1n) is 6.36. The van der Waals surface area contributed by atoms with Crippen LogP contribution in [0.2, 0.25) is 0 Å². The molecular weight excluding hydrogens is 228 g/mol. The molecule has 1 aromatic rings. The number of fused-ring (bicyclic) bond motifs is 2. The monoisotopic (exact) mass is 246 g/mol. The largest absolute Gasteiger partial charge is 0.329 e. The minimum Gasteiger partial charge on any atom is -0.329 e. The number of nitrogens with zero attached hydrogens (tertiary/aromatic N) is 1. The van der Waals surface area contributed by atoms with E-state index in [1.807, 2.05) is 6.92 Å². The highest BCUT2D eigenvalue weighted by Gasteiger charge is 2.27. The number of hydrogen-bond acceptors (Lipinski definition) is 2. The molecule has 0 saturated carbocycles. The van der Waals surface area contributed by atoms with Crippen LogP contribution in [0.4, 0.5) is 4.79 Å². The topological polar surface area (TPSA) is 49.4 Å². The van der Waals surface area contributed by atoms with Gasteiger partial charge in [0.25, 0.3) is 0 Å². The number of urea groups is 1. The lowest BCUT2D eigenvalue weighted by molar-refractivity contribution is -0.125. The number of nitrogens with one attached hydrogen (secondary N) is 1. The van der Waals surface area contributed by atoms with Crippen molar-refractivity contribution in [2.45, 2.75) is 26.2 Å². The third-order valence-corrected chi connectivity index (χ3v) is 3.07. The molecule has 3 aliphatic rings. The lowest BCUT2D eigenvalue weighted by atomic mass is 9.94. The van der Waals surface area contributed by atoms with Gasteiger partial charge in [0.15, 0.2) is 0 Å². The van der Waals surface area contributed by atoms with Gasteiger partial charge in [-0.3, -0.25) is 9.69 Å². The van der Waals surface area contributed by atoms with E-state index >= 15 is 0 Å². The quantitative estimate of drug-likeness (QED) is 0.841. The molecule has 2 bridgehead atoms. The van der Waals surface area contributed by atoms with Crippen molar-refractivity contribution in [3.63, 3.8) is 0 Å². The second-order valence-electron chi connectivity index (χ2n) is 4.55. The fourth-order valence-electron chi connectivity index (χ4n) is 1.95. The fourth-order valence-corrected chi connectivity index (χ4v) is 1.95. The lowest BCUT2D eigenvalue weighted by Gasteiger charge is -2.11. The highest BCUT2D eigenvalue weighted by Crippen LogP contribution is 2.18. The standard InChI is InChI=1S/C7H12N2O2.C7H6/c1-2-3-4-9-6(10)5-8-7(9)11;1-2-6-4-7(3-1)5-6/h2-5H2,1H3,(H,8,11);1-4H,5H2. The first-order chi connectivity index (χ1) is 8.70. The van der Waals surface area contributed by atoms with Gasteiger partial charge in [0.2, 0.25) is 5.91 Å². The second kappa shape index (κ2) is 5.67. The average Bonchev–Trinajstić information content (AvgIpc) is 2.68. The van der Waals surface area contributed by atoms with Crippen molar-refractivity contribution in [3.8, 4) is 0 Å². The van der Waals surface area contributed by atoms with Gasteiger partial charge in [-0.15, -0.1) is 0 Å². The summed E-state index contributed by atoms with van der Waals surface area (Å²) >= 11 is 0. The summed E-state index contributed by atoms with van der Waals surface area (Å²) in [7, 11) is 0. The van der Waals surface area contributed by atoms with Gasteiger partial charge in [-0.25, -0.2) is 4.79 Å². The van der Waals surface area contributed by atoms with Crippen LogP contribution in [0.25, 0.3) is 0 Å². The van der Waals surface area contributed by atoms with Gasteiger partial charge >= 0.3 is 6.03 Å². The Morgan fingerprint density at radius 2 is 1.94 bits per heavy atom. The van der Waals surface area contributed by atoms with Gasteiger partial charge in [-0.2, -0.15) is 0 Å². The van der Waals surface area contributed by atoms with Gasteiger partial charge in [0.05, 0.1) is 6.54 Å². The molecule has 3 amide bonds. The second-order valence-corrected chi connectivity index (χ2v) is 4.55. The normalized spacial score (nSPS) is 15.7. The van der Waals surface area contributed by atoms with Crippen LogP contribution in [0, 0.1) is 0 Å². The molecule has 1 heterocycles. The summed E-state index contributed by atoms with van der Waals surface area (Å²) in [5.41, 5.74) is 2.97. The Kier molecular flexibility index (Phi) is 3.97. The molecule has 0 radical (unpaired) electrons. The predicted octanol–water partition coefficient (Wildman–Crippen LogP) is 1.93. The molecule has 0 aromatic heterocycles. The minimum atomic E-state index is -0.247. The molecule has 96 valence electrons. The van der Waals surface area contributed by atoms with Gasteiger partial charge in [0, 0.05) is 6.54 Å². The summed E-state index contributed by atoms with van der Waals surface area (Å²) in [6.07, 6.45) is 3.10. The SMILES string of the molecule is CCCCN1C(=O)CNC1=O.c1cc2cc(c1)C2. The van der Waals surface area contributed by atoms with Crippen molar-refractivity contribution in [1.29, 1.82) is 0 Å². The Labute approximate surface area is 107 Å². The summed E-state index contributed by atoms with van der Waals surface area (Å²) < 4.78 is 0. The molecule has 0 spiro atoms. The summed E-state index contributed by atoms with van der Waals surface area (Å²) in [4.78, 5) is 23.1. The first-order valence-corrected chi connectivity index (χ1v) is 6.36. The van der Waals surface area contributed by atoms with Crippen LogP contribution in [-0.2, 0) is 11.2 Å². The molecule has 1 aliphatic heterocycles. The lowest BCUT2D eigenvalue weighted by Crippen LogP contribution is -2.31. The van der Waals surface area contributed by atoms with Crippen LogP contribution in [0.15, 0.2) is 24.3 Å². The molecule has 1 aromatic carbocycles. The van der Waals surface area contributed by atoms with E-state index < -0.39 is 0 Å². The molecule has 4 heteroatoms. The number of carbonyl (C=O) groups is 2. The Bertz CT molecular complexity index is 416. The van der Waals surface area contributed by atoms with Gasteiger partial charge < -0.3 is 5.32 Å². The Morgan fingerprint density at radius 1 is 1.28 bits per heavy atom. The zero-order valence-corrected chi connectivity index (χ0v) is 10.6. The van der Waals surface area contributed by atoms with Crippen LogP contribution in [0.3, 0.4) is 0 Å². The van der Waals surface area contributed by atoms with E-state index in [0.29, 0.717) is 6.54 Å². The third kappa shape index (κ3) is 2.88. The van der Waals surface area contributed by atoms with E-state index in [0.717, 1.165) is 12.8 Å². The third-order valence-electron chi connectivity index (χ3n) is 3.07. The van der Waals surface area contributed by atoms with Crippen molar-refractivity contribution in [2.24, 2.45) is 0 Å². The number of rotatable bonds is 3. The van der Waals surface area contributed by atoms with Crippen LogP contribution in [-0.4, -0.2) is 29.9 Å². The van der Waals surface area contributed by atoms with Crippen molar-refractivity contribution < 1.29 is 9.59 Å². The van der Waals surface area contributed by atoms with Gasteiger partial charge in [0.1, 0.15) is 0 Å². The molecule has 0 atom stereocenters. The number of carbonyl (C=O) groups excluding carboxylic acids is 2. The van der Waals surface area contributed by atoms with Gasteiger partial charge in [-0.05, 0) is 24.0 Å². The summed E-state index contributed by atoms with van der Waals surface area (Å²) in [5.74, 6) is -0.108.